The number of nitrogens with one attached hydrogen (secondary N) is 1. The normalized spacial score (nSPS) is 18.9. The van der Waals surface area contributed by atoms with Gasteiger partial charge in [-0.2, -0.15) is 0 Å². The van der Waals surface area contributed by atoms with Crippen molar-refractivity contribution in [3.63, 3.8) is 0 Å². The van der Waals surface area contributed by atoms with Crippen LogP contribution in [0.15, 0.2) is 66.7 Å². The summed E-state index contributed by atoms with van der Waals surface area (Å²) in [6.07, 6.45) is 2.96. The van der Waals surface area contributed by atoms with Crippen LogP contribution in [0.2, 0.25) is 0 Å². The van der Waals surface area contributed by atoms with Crippen LogP contribution in [0.25, 0.3) is 10.8 Å². The Balaban J connectivity index is 1.39. The molecule has 1 aliphatic carbocycles. The summed E-state index contributed by atoms with van der Waals surface area (Å²) in [4.78, 5) is 12.3. The molecule has 25 heavy (non-hydrogen) atoms. The molecular formula is C23H23NO. The molecule has 3 aromatic rings. The van der Waals surface area contributed by atoms with Gasteiger partial charge in [-0.15, -0.1) is 0 Å². The van der Waals surface area contributed by atoms with E-state index in [-0.39, 0.29) is 5.91 Å². The van der Waals surface area contributed by atoms with Gasteiger partial charge in [-0.05, 0) is 52.3 Å². The lowest BCUT2D eigenvalue weighted by Crippen LogP contribution is -2.14. The van der Waals surface area contributed by atoms with Gasteiger partial charge < -0.3 is 5.32 Å². The van der Waals surface area contributed by atoms with Crippen LogP contribution in [0, 0.1) is 5.92 Å². The van der Waals surface area contributed by atoms with Crippen molar-refractivity contribution in [2.75, 3.05) is 5.32 Å². The Morgan fingerprint density at radius 1 is 1.00 bits per heavy atom. The van der Waals surface area contributed by atoms with Crippen LogP contribution in [0.3, 0.4) is 0 Å². The van der Waals surface area contributed by atoms with E-state index in [1.54, 1.807) is 0 Å². The van der Waals surface area contributed by atoms with Crippen LogP contribution in [0.4, 0.5) is 5.69 Å². The number of rotatable bonds is 5. The van der Waals surface area contributed by atoms with Gasteiger partial charge >= 0.3 is 0 Å². The molecule has 1 aliphatic rings. The smallest absolute Gasteiger partial charge is 0.228 e. The second-order valence-corrected chi connectivity index (χ2v) is 7.04. The van der Waals surface area contributed by atoms with Gasteiger partial charge in [-0.25, -0.2) is 0 Å². The molecule has 1 fully saturated rings. The molecule has 2 heteroatoms. The van der Waals surface area contributed by atoms with Crippen LogP contribution in [0.5, 0.6) is 0 Å². The minimum Gasteiger partial charge on any atom is -0.326 e. The summed E-state index contributed by atoms with van der Waals surface area (Å²) in [5.74, 6) is 1.61. The number of carbonyl (C=O) groups excluding carboxylic acids is 1. The van der Waals surface area contributed by atoms with Crippen molar-refractivity contribution in [3.8, 4) is 0 Å². The predicted molar refractivity (Wildman–Crippen MR) is 104 cm³/mol. The quantitative estimate of drug-likeness (QED) is 0.654. The molecule has 1 amide bonds. The maximum Gasteiger partial charge on any atom is 0.228 e. The minimum atomic E-state index is 0.0286. The second-order valence-electron chi connectivity index (χ2n) is 7.04. The predicted octanol–water partition coefficient (Wildman–Crippen LogP) is 5.53. The molecule has 0 spiro atoms. The number of fused-ring (bicyclic) bond motifs is 1. The lowest BCUT2D eigenvalue weighted by molar-refractivity contribution is -0.115. The van der Waals surface area contributed by atoms with Crippen molar-refractivity contribution >= 4 is 22.4 Å². The summed E-state index contributed by atoms with van der Waals surface area (Å²) in [5, 5.41) is 5.39. The summed E-state index contributed by atoms with van der Waals surface area (Å²) in [6, 6.07) is 22.8. The SMILES string of the molecule is CC[C@H]1C[C@H]1c1ccc(NC(=O)Cc2ccc3ccccc3c2)cc1. The molecule has 0 aliphatic heterocycles. The zero-order valence-corrected chi connectivity index (χ0v) is 14.5. The van der Waals surface area contributed by atoms with Crippen molar-refractivity contribution < 1.29 is 4.79 Å². The molecule has 0 heterocycles. The first-order valence-electron chi connectivity index (χ1n) is 9.10. The van der Waals surface area contributed by atoms with Gasteiger partial charge in [0.2, 0.25) is 5.91 Å². The standard InChI is InChI=1S/C23H23NO/c1-2-17-15-22(17)19-9-11-21(12-10-19)24-23(25)14-16-7-8-18-5-3-4-6-20(18)13-16/h3-13,17,22H,2,14-15H2,1H3,(H,24,25)/t17-,22+/m0/s1. The van der Waals surface area contributed by atoms with Gasteiger partial charge in [0.05, 0.1) is 6.42 Å². The van der Waals surface area contributed by atoms with Crippen molar-refractivity contribution in [2.45, 2.75) is 32.1 Å². The van der Waals surface area contributed by atoms with E-state index in [1.807, 2.05) is 30.3 Å². The van der Waals surface area contributed by atoms with E-state index in [2.05, 4.69) is 48.6 Å². The topological polar surface area (TPSA) is 29.1 Å². The summed E-state index contributed by atoms with van der Waals surface area (Å²) < 4.78 is 0. The highest BCUT2D eigenvalue weighted by Crippen LogP contribution is 2.49. The molecule has 0 saturated heterocycles. The van der Waals surface area contributed by atoms with Crippen LogP contribution in [0.1, 0.15) is 36.8 Å². The molecule has 2 nitrogen and oxygen atoms in total. The summed E-state index contributed by atoms with van der Waals surface area (Å²) >= 11 is 0. The van der Waals surface area contributed by atoms with Gasteiger partial charge in [0, 0.05) is 5.69 Å². The average molecular weight is 329 g/mol. The van der Waals surface area contributed by atoms with Gasteiger partial charge in [0.15, 0.2) is 0 Å². The van der Waals surface area contributed by atoms with Gasteiger partial charge in [-0.3, -0.25) is 4.79 Å². The Morgan fingerprint density at radius 2 is 1.76 bits per heavy atom. The van der Waals surface area contributed by atoms with E-state index in [0.29, 0.717) is 6.42 Å². The number of carbonyl (C=O) groups is 1. The Hall–Kier alpha value is -2.61. The van der Waals surface area contributed by atoms with Crippen LogP contribution in [-0.4, -0.2) is 5.91 Å². The molecule has 0 unspecified atom stereocenters. The van der Waals surface area contributed by atoms with Crippen LogP contribution < -0.4 is 5.32 Å². The molecule has 1 N–H and O–H groups in total. The Labute approximate surface area is 148 Å². The number of hydrogen-bond acceptors (Lipinski definition) is 1. The van der Waals surface area contributed by atoms with E-state index >= 15 is 0 Å². The largest absolute Gasteiger partial charge is 0.326 e. The lowest BCUT2D eigenvalue weighted by atomic mass is 10.0. The van der Waals surface area contributed by atoms with E-state index in [4.69, 9.17) is 0 Å². The molecule has 3 aromatic carbocycles. The van der Waals surface area contributed by atoms with Crippen LogP contribution in [-0.2, 0) is 11.2 Å². The van der Waals surface area contributed by atoms with E-state index in [9.17, 15) is 4.79 Å². The first kappa shape index (κ1) is 15.9. The molecule has 1 saturated carbocycles. The number of amides is 1. The van der Waals surface area contributed by atoms with Gasteiger partial charge in [-0.1, -0.05) is 67.9 Å². The molecule has 0 radical (unpaired) electrons. The number of benzene rings is 3. The maximum absolute atomic E-state index is 12.3. The number of hydrogen-bond donors (Lipinski definition) is 1. The molecule has 4 rings (SSSR count). The van der Waals surface area contributed by atoms with Crippen molar-refractivity contribution in [1.82, 2.24) is 0 Å². The fourth-order valence-corrected chi connectivity index (χ4v) is 3.66. The van der Waals surface area contributed by atoms with Gasteiger partial charge in [0.1, 0.15) is 0 Å². The first-order valence-corrected chi connectivity index (χ1v) is 9.10. The molecule has 0 aromatic heterocycles. The van der Waals surface area contributed by atoms with E-state index < -0.39 is 0 Å². The zero-order chi connectivity index (χ0) is 17.2. The Morgan fingerprint density at radius 3 is 2.48 bits per heavy atom. The molecule has 0 bridgehead atoms. The van der Waals surface area contributed by atoms with E-state index in [0.717, 1.165) is 23.1 Å². The summed E-state index contributed by atoms with van der Waals surface area (Å²) in [7, 11) is 0. The third-order valence-corrected chi connectivity index (χ3v) is 5.25. The third-order valence-electron chi connectivity index (χ3n) is 5.25. The molecule has 126 valence electrons. The Bertz CT molecular complexity index is 897. The highest BCUT2D eigenvalue weighted by atomic mass is 16.1. The molecule has 2 atom stereocenters. The highest BCUT2D eigenvalue weighted by molar-refractivity contribution is 5.93. The summed E-state index contributed by atoms with van der Waals surface area (Å²) in [6.45, 7) is 2.26. The highest BCUT2D eigenvalue weighted by Gasteiger charge is 2.36. The summed E-state index contributed by atoms with van der Waals surface area (Å²) in [5.41, 5.74) is 3.32. The third kappa shape index (κ3) is 3.58. The van der Waals surface area contributed by atoms with Crippen molar-refractivity contribution in [2.24, 2.45) is 5.92 Å². The van der Waals surface area contributed by atoms with Crippen molar-refractivity contribution in [1.29, 1.82) is 0 Å². The Kier molecular flexibility index (Phi) is 4.27. The fourth-order valence-electron chi connectivity index (χ4n) is 3.66. The van der Waals surface area contributed by atoms with Gasteiger partial charge in [0.25, 0.3) is 0 Å². The lowest BCUT2D eigenvalue weighted by Gasteiger charge is -2.08. The average Bonchev–Trinajstić information content (AvgIpc) is 3.42. The zero-order valence-electron chi connectivity index (χ0n) is 14.5. The van der Waals surface area contributed by atoms with Crippen LogP contribution >= 0.6 is 0 Å². The fraction of sp³-hybridized carbons (Fsp3) is 0.261. The second kappa shape index (κ2) is 6.72. The first-order chi connectivity index (χ1) is 12.2. The maximum atomic E-state index is 12.3. The minimum absolute atomic E-state index is 0.0286. The van der Waals surface area contributed by atoms with Crippen molar-refractivity contribution in [3.05, 3.63) is 77.9 Å². The monoisotopic (exact) mass is 329 g/mol. The molecular weight excluding hydrogens is 306 g/mol. The number of anilines is 1. The van der Waals surface area contributed by atoms with E-state index in [1.165, 1.54) is 29.2 Å².